The van der Waals surface area contributed by atoms with Gasteiger partial charge in [-0.2, -0.15) is 0 Å². The Hall–Kier alpha value is -1.65. The first-order valence-corrected chi connectivity index (χ1v) is 9.03. The molecule has 2 atom stereocenters. The quantitative estimate of drug-likeness (QED) is 0.428. The summed E-state index contributed by atoms with van der Waals surface area (Å²) in [5.74, 6) is -0.175. The number of ketones is 2. The van der Waals surface area contributed by atoms with E-state index in [0.717, 1.165) is 12.8 Å². The van der Waals surface area contributed by atoms with Gasteiger partial charge in [0.25, 0.3) is 0 Å². The van der Waals surface area contributed by atoms with Crippen LogP contribution in [0.2, 0.25) is 0 Å². The van der Waals surface area contributed by atoms with Crippen LogP contribution < -0.4 is 0 Å². The summed E-state index contributed by atoms with van der Waals surface area (Å²) >= 11 is 0. The summed E-state index contributed by atoms with van der Waals surface area (Å²) in [6, 6.07) is 0. The van der Waals surface area contributed by atoms with E-state index in [0.29, 0.717) is 44.9 Å². The lowest BCUT2D eigenvalue weighted by molar-refractivity contribution is -0.137. The highest BCUT2D eigenvalue weighted by Gasteiger charge is 2.34. The van der Waals surface area contributed by atoms with Gasteiger partial charge in [0.1, 0.15) is 11.6 Å². The molecule has 0 spiro atoms. The molecule has 0 aromatic carbocycles. The zero-order valence-corrected chi connectivity index (χ0v) is 15.1. The van der Waals surface area contributed by atoms with Crippen molar-refractivity contribution in [2.75, 3.05) is 0 Å². The average Bonchev–Trinajstić information content (AvgIpc) is 2.89. The van der Waals surface area contributed by atoms with E-state index in [4.69, 9.17) is 10.2 Å². The molecule has 0 aromatic rings. The molecule has 24 heavy (non-hydrogen) atoms. The monoisotopic (exact) mass is 340 g/mol. The van der Waals surface area contributed by atoms with Gasteiger partial charge in [0.2, 0.25) is 0 Å². The van der Waals surface area contributed by atoms with Crippen LogP contribution in [-0.2, 0) is 14.4 Å². The van der Waals surface area contributed by atoms with Gasteiger partial charge in [-0.1, -0.05) is 20.4 Å². The fourth-order valence-corrected chi connectivity index (χ4v) is 3.11. The first kappa shape index (κ1) is 22.4. The third-order valence-electron chi connectivity index (χ3n) is 4.38. The molecular weight excluding hydrogens is 308 g/mol. The maximum Gasteiger partial charge on any atom is 0.303 e. The van der Waals surface area contributed by atoms with Gasteiger partial charge in [-0.15, -0.1) is 0 Å². The van der Waals surface area contributed by atoms with Gasteiger partial charge in [-0.25, -0.2) is 0 Å². The van der Waals surface area contributed by atoms with Crippen LogP contribution in [-0.4, -0.2) is 27.7 Å². The smallest absolute Gasteiger partial charge is 0.303 e. The molecule has 1 aliphatic carbocycles. The number of unbranched alkanes of at least 4 members (excludes halogenated alkanes) is 1. The van der Waals surface area contributed by atoms with Crippen LogP contribution in [0.5, 0.6) is 0 Å². The maximum atomic E-state index is 11.9. The van der Waals surface area contributed by atoms with Crippen molar-refractivity contribution in [2.24, 2.45) is 11.8 Å². The molecule has 138 valence electrons. The minimum absolute atomic E-state index is 0.0673. The summed E-state index contributed by atoms with van der Waals surface area (Å²) in [5, 5.41) is 17.7. The van der Waals surface area contributed by atoms with E-state index in [2.05, 4.69) is 6.58 Å². The van der Waals surface area contributed by atoms with Crippen LogP contribution in [0, 0.1) is 11.8 Å². The number of aliphatic carboxylic acids is 1. The highest BCUT2D eigenvalue weighted by molar-refractivity contribution is 5.84. The number of aliphatic hydroxyl groups is 1. The Morgan fingerprint density at radius 1 is 1.04 bits per heavy atom. The van der Waals surface area contributed by atoms with Crippen molar-refractivity contribution in [2.45, 2.75) is 78.1 Å². The van der Waals surface area contributed by atoms with Crippen LogP contribution >= 0.6 is 0 Å². The van der Waals surface area contributed by atoms with Gasteiger partial charge in [0.05, 0.1) is 5.76 Å². The lowest BCUT2D eigenvalue weighted by Crippen LogP contribution is -2.16. The van der Waals surface area contributed by atoms with Gasteiger partial charge in [-0.05, 0) is 38.0 Å². The zero-order chi connectivity index (χ0) is 18.5. The van der Waals surface area contributed by atoms with E-state index in [-0.39, 0.29) is 35.6 Å². The number of aliphatic hydroxyl groups excluding tert-OH is 1. The summed E-state index contributed by atoms with van der Waals surface area (Å²) in [4.78, 5) is 34.1. The molecule has 5 nitrogen and oxygen atoms in total. The van der Waals surface area contributed by atoms with E-state index >= 15 is 0 Å². The SMILES string of the molecule is C=C(O)CC[C@H]1CCC(=O)C1CCC(=O)CCCCC(=O)O.CC. The Morgan fingerprint density at radius 3 is 2.25 bits per heavy atom. The van der Waals surface area contributed by atoms with Crippen LogP contribution in [0.15, 0.2) is 12.3 Å². The van der Waals surface area contributed by atoms with E-state index in [1.165, 1.54) is 0 Å². The lowest BCUT2D eigenvalue weighted by Gasteiger charge is -2.17. The van der Waals surface area contributed by atoms with Gasteiger partial charge >= 0.3 is 5.97 Å². The first-order valence-electron chi connectivity index (χ1n) is 9.03. The van der Waals surface area contributed by atoms with Gasteiger partial charge in [0, 0.05) is 38.0 Å². The largest absolute Gasteiger partial charge is 0.513 e. The number of hydrogen-bond donors (Lipinski definition) is 2. The molecule has 0 saturated heterocycles. The van der Waals surface area contributed by atoms with Gasteiger partial charge in [0.15, 0.2) is 0 Å². The molecule has 1 unspecified atom stereocenters. The zero-order valence-electron chi connectivity index (χ0n) is 15.1. The Labute approximate surface area is 145 Å². The molecule has 2 N–H and O–H groups in total. The predicted octanol–water partition coefficient (Wildman–Crippen LogP) is 4.45. The number of carbonyl (C=O) groups excluding carboxylic acids is 2. The molecule has 0 aromatic heterocycles. The number of carboxylic acid groups (broad SMARTS) is 1. The number of carboxylic acids is 1. The second kappa shape index (κ2) is 12.7. The van der Waals surface area contributed by atoms with Gasteiger partial charge in [-0.3, -0.25) is 14.4 Å². The summed E-state index contributed by atoms with van der Waals surface area (Å²) < 4.78 is 0. The van der Waals surface area contributed by atoms with Crippen LogP contribution in [0.3, 0.4) is 0 Å². The minimum atomic E-state index is -0.836. The van der Waals surface area contributed by atoms with E-state index in [1.807, 2.05) is 13.8 Å². The number of Topliss-reactive ketones (excluding diaryl/α,β-unsaturated/α-hetero) is 2. The second-order valence-electron chi connectivity index (χ2n) is 6.15. The molecule has 1 aliphatic rings. The van der Waals surface area contributed by atoms with Crippen molar-refractivity contribution in [3.63, 3.8) is 0 Å². The summed E-state index contributed by atoms with van der Waals surface area (Å²) in [6.45, 7) is 7.46. The highest BCUT2D eigenvalue weighted by Crippen LogP contribution is 2.36. The average molecular weight is 340 g/mol. The molecular formula is C19H32O5. The van der Waals surface area contributed by atoms with E-state index in [9.17, 15) is 14.4 Å². The van der Waals surface area contributed by atoms with Crippen molar-refractivity contribution in [1.29, 1.82) is 0 Å². The summed E-state index contributed by atoms with van der Waals surface area (Å²) in [7, 11) is 0. The second-order valence-corrected chi connectivity index (χ2v) is 6.15. The topological polar surface area (TPSA) is 91.7 Å². The van der Waals surface area contributed by atoms with Crippen molar-refractivity contribution in [3.8, 4) is 0 Å². The highest BCUT2D eigenvalue weighted by atomic mass is 16.4. The third kappa shape index (κ3) is 9.48. The molecule has 1 fully saturated rings. The number of allylic oxidation sites excluding steroid dienone is 1. The normalized spacial score (nSPS) is 19.5. The van der Waals surface area contributed by atoms with Crippen molar-refractivity contribution in [3.05, 3.63) is 12.3 Å². The summed E-state index contributed by atoms with van der Waals surface area (Å²) in [6.07, 6.45) is 5.24. The summed E-state index contributed by atoms with van der Waals surface area (Å²) in [5.41, 5.74) is 0. The van der Waals surface area contributed by atoms with Crippen molar-refractivity contribution >= 4 is 17.5 Å². The number of rotatable bonds is 11. The van der Waals surface area contributed by atoms with Crippen LogP contribution in [0.25, 0.3) is 0 Å². The molecule has 5 heteroatoms. The Balaban J connectivity index is 0.00000254. The van der Waals surface area contributed by atoms with Gasteiger partial charge < -0.3 is 10.2 Å². The molecule has 0 amide bonds. The van der Waals surface area contributed by atoms with E-state index in [1.54, 1.807) is 0 Å². The van der Waals surface area contributed by atoms with Crippen molar-refractivity contribution in [1.82, 2.24) is 0 Å². The fraction of sp³-hybridized carbons (Fsp3) is 0.737. The van der Waals surface area contributed by atoms with E-state index < -0.39 is 5.97 Å². The number of hydrogen-bond acceptors (Lipinski definition) is 4. The molecule has 0 aliphatic heterocycles. The lowest BCUT2D eigenvalue weighted by atomic mass is 9.86. The predicted molar refractivity (Wildman–Crippen MR) is 93.9 cm³/mol. The van der Waals surface area contributed by atoms with Crippen LogP contribution in [0.4, 0.5) is 0 Å². The standard InChI is InChI=1S/C17H26O5.C2H6/c1-12(18)6-7-13-8-11-16(20)15(13)10-9-14(19)4-2-3-5-17(21)22;1-2/h13,15,18H,1-11H2,(H,21,22);1-2H3/t13-,15?;/m0./s1. The van der Waals surface area contributed by atoms with Crippen LogP contribution in [0.1, 0.15) is 78.1 Å². The Bertz CT molecular complexity index is 427. The molecule has 1 rings (SSSR count). The fourth-order valence-electron chi connectivity index (χ4n) is 3.11. The number of carbonyl (C=O) groups is 3. The molecule has 0 radical (unpaired) electrons. The molecule has 1 saturated carbocycles. The van der Waals surface area contributed by atoms with Crippen molar-refractivity contribution < 1.29 is 24.6 Å². The molecule has 0 heterocycles. The Morgan fingerprint density at radius 2 is 1.67 bits per heavy atom. The minimum Gasteiger partial charge on any atom is -0.513 e. The maximum absolute atomic E-state index is 11.9. The first-order chi connectivity index (χ1) is 11.4. The third-order valence-corrected chi connectivity index (χ3v) is 4.38. The molecule has 0 bridgehead atoms. The Kier molecular flexibility index (Phi) is 11.9.